The summed E-state index contributed by atoms with van der Waals surface area (Å²) in [7, 11) is 0. The van der Waals surface area contributed by atoms with E-state index >= 15 is 0 Å². The molecule has 0 amide bonds. The Morgan fingerprint density at radius 1 is 1.10 bits per heavy atom. The zero-order chi connectivity index (χ0) is 20.8. The van der Waals surface area contributed by atoms with Crippen molar-refractivity contribution in [2.75, 3.05) is 0 Å². The van der Waals surface area contributed by atoms with E-state index in [1.165, 1.54) is 30.3 Å². The third kappa shape index (κ3) is 5.33. The zero-order valence-electron chi connectivity index (χ0n) is 14.8. The molecule has 1 heterocycles. The summed E-state index contributed by atoms with van der Waals surface area (Å²) in [5.41, 5.74) is 5.98. The highest BCUT2D eigenvalue weighted by Gasteiger charge is 2.14. The second-order valence-corrected chi connectivity index (χ2v) is 6.10. The van der Waals surface area contributed by atoms with Crippen LogP contribution in [0.4, 0.5) is 5.69 Å². The Balaban J connectivity index is 1.57. The molecule has 0 aliphatic heterocycles. The molecule has 148 valence electrons. The molecule has 3 rings (SSSR count). The van der Waals surface area contributed by atoms with Crippen LogP contribution in [0.2, 0.25) is 5.02 Å². The van der Waals surface area contributed by atoms with Crippen LogP contribution in [0.15, 0.2) is 70.2 Å². The number of carbonyl (C=O) groups is 1. The number of carbonyl (C=O) groups excluding carboxylic acids is 1. The number of ether oxygens (including phenoxy) is 1. The summed E-state index contributed by atoms with van der Waals surface area (Å²) in [6.45, 7) is 0.100. The van der Waals surface area contributed by atoms with Crippen LogP contribution < -0.4 is 10.5 Å². The van der Waals surface area contributed by atoms with Gasteiger partial charge in [0.1, 0.15) is 18.1 Å². The molecule has 2 aromatic carbocycles. The van der Waals surface area contributed by atoms with Crippen molar-refractivity contribution in [2.45, 2.75) is 6.61 Å². The molecular formula is C19H14ClN3O6. The minimum atomic E-state index is -0.854. The minimum Gasteiger partial charge on any atom is -0.486 e. The van der Waals surface area contributed by atoms with Gasteiger partial charge in [0.05, 0.1) is 4.92 Å². The van der Waals surface area contributed by atoms with Crippen LogP contribution in [-0.2, 0) is 11.4 Å². The average Bonchev–Trinajstić information content (AvgIpc) is 3.20. The molecule has 0 fully saturated rings. The molecule has 0 radical (unpaired) electrons. The van der Waals surface area contributed by atoms with E-state index in [4.69, 9.17) is 31.3 Å². The number of amidine groups is 1. The number of halogens is 1. The highest BCUT2D eigenvalue weighted by Crippen LogP contribution is 2.18. The largest absolute Gasteiger partial charge is 0.486 e. The van der Waals surface area contributed by atoms with Gasteiger partial charge in [-0.3, -0.25) is 10.1 Å². The van der Waals surface area contributed by atoms with Crippen molar-refractivity contribution in [3.8, 4) is 5.75 Å². The Labute approximate surface area is 169 Å². The van der Waals surface area contributed by atoms with Gasteiger partial charge in [-0.05, 0) is 48.5 Å². The third-order valence-corrected chi connectivity index (χ3v) is 3.91. The SMILES string of the molecule is N/C(=N\OC(=O)c1ccc(COc2ccc(Cl)cc2)o1)c1ccc([N+](=O)[O-])cc1. The fraction of sp³-hybridized carbons (Fsp3) is 0.0526. The Morgan fingerprint density at radius 2 is 1.79 bits per heavy atom. The lowest BCUT2D eigenvalue weighted by atomic mass is 10.2. The molecule has 10 heteroatoms. The van der Waals surface area contributed by atoms with Crippen molar-refractivity contribution in [1.82, 2.24) is 0 Å². The van der Waals surface area contributed by atoms with Gasteiger partial charge in [0, 0.05) is 22.7 Å². The number of nitro groups is 1. The topological polar surface area (TPSA) is 130 Å². The van der Waals surface area contributed by atoms with Crippen molar-refractivity contribution >= 4 is 29.1 Å². The maximum Gasteiger partial charge on any atom is 0.400 e. The monoisotopic (exact) mass is 415 g/mol. The first-order valence-electron chi connectivity index (χ1n) is 8.19. The molecule has 0 aliphatic rings. The number of oxime groups is 1. The van der Waals surface area contributed by atoms with Gasteiger partial charge in [-0.25, -0.2) is 4.79 Å². The number of hydrogen-bond donors (Lipinski definition) is 1. The van der Waals surface area contributed by atoms with E-state index in [0.29, 0.717) is 22.1 Å². The van der Waals surface area contributed by atoms with Crippen LogP contribution in [0.5, 0.6) is 5.75 Å². The van der Waals surface area contributed by atoms with E-state index in [9.17, 15) is 14.9 Å². The molecule has 1 aromatic heterocycles. The Hall–Kier alpha value is -3.85. The molecule has 0 atom stereocenters. The number of furan rings is 1. The molecule has 9 nitrogen and oxygen atoms in total. The number of non-ortho nitro benzene ring substituents is 1. The smallest absolute Gasteiger partial charge is 0.400 e. The molecule has 2 N–H and O–H groups in total. The van der Waals surface area contributed by atoms with Crippen molar-refractivity contribution < 1.29 is 23.7 Å². The van der Waals surface area contributed by atoms with Crippen LogP contribution in [0.25, 0.3) is 0 Å². The van der Waals surface area contributed by atoms with E-state index in [1.54, 1.807) is 30.3 Å². The highest BCUT2D eigenvalue weighted by atomic mass is 35.5. The summed E-state index contributed by atoms with van der Waals surface area (Å²) in [6, 6.07) is 15.1. The molecule has 3 aromatic rings. The number of benzene rings is 2. The van der Waals surface area contributed by atoms with Crippen LogP contribution in [0.1, 0.15) is 21.9 Å². The van der Waals surface area contributed by atoms with Gasteiger partial charge in [-0.15, -0.1) is 0 Å². The number of nitro benzene ring substituents is 1. The molecule has 0 spiro atoms. The van der Waals surface area contributed by atoms with E-state index in [-0.39, 0.29) is 23.9 Å². The number of rotatable bonds is 7. The Kier molecular flexibility index (Phi) is 6.10. The van der Waals surface area contributed by atoms with E-state index in [0.717, 1.165) is 0 Å². The van der Waals surface area contributed by atoms with Crippen LogP contribution >= 0.6 is 11.6 Å². The summed E-state index contributed by atoms with van der Waals surface area (Å²) in [6.07, 6.45) is 0. The van der Waals surface area contributed by atoms with Crippen molar-refractivity contribution in [2.24, 2.45) is 10.9 Å². The van der Waals surface area contributed by atoms with Gasteiger partial charge in [0.15, 0.2) is 5.84 Å². The summed E-state index contributed by atoms with van der Waals surface area (Å²) in [5, 5.41) is 14.8. The first-order valence-corrected chi connectivity index (χ1v) is 8.57. The van der Waals surface area contributed by atoms with Crippen molar-refractivity contribution in [3.63, 3.8) is 0 Å². The molecule has 0 saturated heterocycles. The minimum absolute atomic E-state index is 0.0834. The molecule has 0 saturated carbocycles. The first-order chi connectivity index (χ1) is 13.9. The normalized spacial score (nSPS) is 11.1. The third-order valence-electron chi connectivity index (χ3n) is 3.66. The lowest BCUT2D eigenvalue weighted by Gasteiger charge is -2.03. The summed E-state index contributed by atoms with van der Waals surface area (Å²) >= 11 is 5.81. The Bertz CT molecular complexity index is 1040. The highest BCUT2D eigenvalue weighted by molar-refractivity contribution is 6.30. The van der Waals surface area contributed by atoms with Gasteiger partial charge in [-0.1, -0.05) is 16.8 Å². The lowest BCUT2D eigenvalue weighted by molar-refractivity contribution is -0.384. The lowest BCUT2D eigenvalue weighted by Crippen LogP contribution is -2.15. The molecule has 29 heavy (non-hydrogen) atoms. The van der Waals surface area contributed by atoms with Crippen molar-refractivity contribution in [1.29, 1.82) is 0 Å². The van der Waals surface area contributed by atoms with Crippen LogP contribution in [0.3, 0.4) is 0 Å². The first kappa shape index (κ1) is 19.9. The molecule has 0 bridgehead atoms. The summed E-state index contributed by atoms with van der Waals surface area (Å²) < 4.78 is 10.9. The van der Waals surface area contributed by atoms with Gasteiger partial charge in [0.2, 0.25) is 5.76 Å². The number of hydrogen-bond acceptors (Lipinski definition) is 7. The Morgan fingerprint density at radius 3 is 2.45 bits per heavy atom. The van der Waals surface area contributed by atoms with E-state index < -0.39 is 10.9 Å². The van der Waals surface area contributed by atoms with Crippen molar-refractivity contribution in [3.05, 3.63) is 92.9 Å². The maximum absolute atomic E-state index is 12.0. The summed E-state index contributed by atoms with van der Waals surface area (Å²) in [5.74, 6) is -0.0618. The van der Waals surface area contributed by atoms with Gasteiger partial charge in [0.25, 0.3) is 5.69 Å². The quantitative estimate of drug-likeness (QED) is 0.203. The summed E-state index contributed by atoms with van der Waals surface area (Å²) in [4.78, 5) is 26.9. The van der Waals surface area contributed by atoms with Gasteiger partial charge < -0.3 is 19.7 Å². The predicted molar refractivity (Wildman–Crippen MR) is 104 cm³/mol. The number of nitrogens with zero attached hydrogens (tertiary/aromatic N) is 2. The second kappa shape index (κ2) is 8.89. The van der Waals surface area contributed by atoms with Crippen LogP contribution in [0, 0.1) is 10.1 Å². The predicted octanol–water partition coefficient (Wildman–Crippen LogP) is 3.90. The second-order valence-electron chi connectivity index (χ2n) is 5.67. The van der Waals surface area contributed by atoms with E-state index in [2.05, 4.69) is 5.16 Å². The zero-order valence-corrected chi connectivity index (χ0v) is 15.5. The van der Waals surface area contributed by atoms with E-state index in [1.807, 2.05) is 0 Å². The fourth-order valence-electron chi connectivity index (χ4n) is 2.19. The maximum atomic E-state index is 12.0. The average molecular weight is 416 g/mol. The number of nitrogens with two attached hydrogens (primary N) is 1. The molecule has 0 aliphatic carbocycles. The molecular weight excluding hydrogens is 402 g/mol. The van der Waals surface area contributed by atoms with Gasteiger partial charge >= 0.3 is 5.97 Å². The van der Waals surface area contributed by atoms with Gasteiger partial charge in [-0.2, -0.15) is 0 Å². The standard InChI is InChI=1S/C19H14ClN3O6/c20-13-3-7-15(8-4-13)27-11-16-9-10-17(28-16)19(24)29-22-18(21)12-1-5-14(6-2-12)23(25)26/h1-10H,11H2,(H2,21,22). The fourth-order valence-corrected chi connectivity index (χ4v) is 2.32. The molecule has 0 unspecified atom stereocenters. The van der Waals surface area contributed by atoms with Crippen LogP contribution in [-0.4, -0.2) is 16.7 Å².